The average molecular weight is 605 g/mol. The second-order valence-corrected chi connectivity index (χ2v) is 12.6. The molecule has 0 fully saturated rings. The van der Waals surface area contributed by atoms with Gasteiger partial charge in [0.1, 0.15) is 12.6 Å². The van der Waals surface area contributed by atoms with Crippen LogP contribution in [0.5, 0.6) is 0 Å². The second-order valence-electron chi connectivity index (χ2n) is 9.83. The Morgan fingerprint density at radius 2 is 1.57 bits per heavy atom. The highest BCUT2D eigenvalue weighted by atomic mass is 35.5. The number of hydrogen-bond acceptors (Lipinski definition) is 4. The van der Waals surface area contributed by atoms with Crippen LogP contribution in [-0.4, -0.2) is 50.0 Å². The highest BCUT2D eigenvalue weighted by Crippen LogP contribution is 2.28. The summed E-state index contributed by atoms with van der Waals surface area (Å²) in [5.41, 5.74) is 2.45. The number of benzene rings is 3. The van der Waals surface area contributed by atoms with Crippen molar-refractivity contribution < 1.29 is 18.0 Å². The third-order valence-electron chi connectivity index (χ3n) is 6.73. The van der Waals surface area contributed by atoms with Crippen molar-refractivity contribution in [1.29, 1.82) is 0 Å². The number of halogens is 2. The fraction of sp³-hybridized carbons (Fsp3) is 0.333. The number of amides is 2. The minimum atomic E-state index is -3.88. The Hall–Kier alpha value is -3.07. The summed E-state index contributed by atoms with van der Waals surface area (Å²) in [4.78, 5) is 29.2. The molecule has 0 unspecified atom stereocenters. The van der Waals surface area contributed by atoms with Crippen molar-refractivity contribution in [2.24, 2.45) is 0 Å². The Morgan fingerprint density at radius 1 is 0.925 bits per heavy atom. The van der Waals surface area contributed by atoms with Crippen LogP contribution in [0.1, 0.15) is 37.0 Å². The molecule has 0 aliphatic heterocycles. The molecule has 40 heavy (non-hydrogen) atoms. The van der Waals surface area contributed by atoms with Crippen molar-refractivity contribution in [3.63, 3.8) is 0 Å². The fourth-order valence-electron chi connectivity index (χ4n) is 4.24. The Balaban J connectivity index is 2.08. The van der Waals surface area contributed by atoms with E-state index in [9.17, 15) is 18.0 Å². The summed E-state index contributed by atoms with van der Waals surface area (Å²) in [6.45, 7) is 5.13. The molecule has 0 aromatic heterocycles. The molecule has 0 bridgehead atoms. The summed E-state index contributed by atoms with van der Waals surface area (Å²) in [6.07, 6.45) is 2.00. The lowest BCUT2D eigenvalue weighted by molar-refractivity contribution is -0.140. The first kappa shape index (κ1) is 31.5. The van der Waals surface area contributed by atoms with Crippen molar-refractivity contribution >= 4 is 50.7 Å². The predicted molar refractivity (Wildman–Crippen MR) is 162 cm³/mol. The summed E-state index contributed by atoms with van der Waals surface area (Å²) in [5, 5.41) is 3.93. The smallest absolute Gasteiger partial charge is 0.244 e. The van der Waals surface area contributed by atoms with E-state index >= 15 is 0 Å². The molecule has 1 N–H and O–H groups in total. The first-order chi connectivity index (χ1) is 18.9. The van der Waals surface area contributed by atoms with Crippen LogP contribution < -0.4 is 9.62 Å². The van der Waals surface area contributed by atoms with Gasteiger partial charge >= 0.3 is 0 Å². The fourth-order valence-corrected chi connectivity index (χ4v) is 5.44. The first-order valence-corrected chi connectivity index (χ1v) is 15.6. The van der Waals surface area contributed by atoms with Gasteiger partial charge in [0.15, 0.2) is 0 Å². The number of sulfonamides is 1. The largest absolute Gasteiger partial charge is 0.352 e. The molecule has 0 aliphatic carbocycles. The van der Waals surface area contributed by atoms with Crippen LogP contribution in [0, 0.1) is 6.92 Å². The maximum absolute atomic E-state index is 14.1. The van der Waals surface area contributed by atoms with E-state index in [1.54, 1.807) is 49.4 Å². The number of anilines is 1. The molecule has 3 aromatic carbocycles. The van der Waals surface area contributed by atoms with E-state index in [-0.39, 0.29) is 24.9 Å². The zero-order valence-electron chi connectivity index (χ0n) is 23.1. The lowest BCUT2D eigenvalue weighted by Crippen LogP contribution is -2.54. The van der Waals surface area contributed by atoms with Gasteiger partial charge in [0.2, 0.25) is 21.8 Å². The standard InChI is InChI=1S/C30H35Cl2N3O4S/c1-5-21(2)33-30(37)28(18-23-10-7-6-8-11-23)34(19-24-14-16-25(31)17-15-24)29(36)20-35(40(4,38)39)27-13-9-12-26(32)22(27)3/h6-17,21,28H,5,18-20H2,1-4H3,(H,33,37)/t21-,28-/m0/s1. The summed E-state index contributed by atoms with van der Waals surface area (Å²) < 4.78 is 26.9. The van der Waals surface area contributed by atoms with Gasteiger partial charge in [-0.05, 0) is 61.2 Å². The molecule has 7 nitrogen and oxygen atoms in total. The van der Waals surface area contributed by atoms with E-state index in [1.165, 1.54) is 4.90 Å². The van der Waals surface area contributed by atoms with E-state index in [0.29, 0.717) is 27.7 Å². The minimum absolute atomic E-state index is 0.0769. The zero-order chi connectivity index (χ0) is 29.4. The molecule has 3 rings (SSSR count). The molecule has 0 aliphatic rings. The van der Waals surface area contributed by atoms with Gasteiger partial charge < -0.3 is 10.2 Å². The van der Waals surface area contributed by atoms with Gasteiger partial charge in [-0.15, -0.1) is 0 Å². The first-order valence-electron chi connectivity index (χ1n) is 13.0. The number of nitrogens with zero attached hydrogens (tertiary/aromatic N) is 2. The Labute approximate surface area is 247 Å². The van der Waals surface area contributed by atoms with Crippen LogP contribution in [-0.2, 0) is 32.6 Å². The molecule has 0 spiro atoms. The van der Waals surface area contributed by atoms with Gasteiger partial charge in [0, 0.05) is 29.1 Å². The molecule has 0 heterocycles. The van der Waals surface area contributed by atoms with Crippen LogP contribution in [0.3, 0.4) is 0 Å². The number of rotatable bonds is 12. The summed E-state index contributed by atoms with van der Waals surface area (Å²) in [6, 6.07) is 20.3. The molecular weight excluding hydrogens is 569 g/mol. The van der Waals surface area contributed by atoms with Crippen LogP contribution in [0.2, 0.25) is 10.0 Å². The lowest BCUT2D eigenvalue weighted by atomic mass is 10.0. The molecule has 2 atom stereocenters. The third-order valence-corrected chi connectivity index (χ3v) is 8.51. The molecule has 0 radical (unpaired) electrons. The summed E-state index contributed by atoms with van der Waals surface area (Å²) in [7, 11) is -3.88. The average Bonchev–Trinajstić information content (AvgIpc) is 2.91. The van der Waals surface area contributed by atoms with Gasteiger partial charge in [0.25, 0.3) is 0 Å². The Morgan fingerprint density at radius 3 is 2.17 bits per heavy atom. The van der Waals surface area contributed by atoms with E-state index < -0.39 is 28.5 Å². The maximum atomic E-state index is 14.1. The maximum Gasteiger partial charge on any atom is 0.244 e. The van der Waals surface area contributed by atoms with E-state index in [2.05, 4.69) is 5.32 Å². The number of nitrogens with one attached hydrogen (secondary N) is 1. The van der Waals surface area contributed by atoms with Crippen molar-refractivity contribution in [2.45, 2.75) is 52.2 Å². The van der Waals surface area contributed by atoms with E-state index in [1.807, 2.05) is 44.2 Å². The van der Waals surface area contributed by atoms with Crippen LogP contribution in [0.15, 0.2) is 72.8 Å². The molecule has 0 saturated heterocycles. The van der Waals surface area contributed by atoms with Crippen molar-refractivity contribution in [3.8, 4) is 0 Å². The van der Waals surface area contributed by atoms with Gasteiger partial charge in [-0.2, -0.15) is 0 Å². The van der Waals surface area contributed by atoms with Gasteiger partial charge in [-0.3, -0.25) is 13.9 Å². The van der Waals surface area contributed by atoms with Crippen LogP contribution in [0.4, 0.5) is 5.69 Å². The van der Waals surface area contributed by atoms with Crippen molar-refractivity contribution in [2.75, 3.05) is 17.1 Å². The van der Waals surface area contributed by atoms with Crippen molar-refractivity contribution in [3.05, 3.63) is 99.5 Å². The normalized spacial score (nSPS) is 12.8. The quantitative estimate of drug-likeness (QED) is 0.291. The molecular formula is C30H35Cl2N3O4S. The topological polar surface area (TPSA) is 86.8 Å². The molecule has 2 amide bonds. The number of carbonyl (C=O) groups is 2. The van der Waals surface area contributed by atoms with E-state index in [4.69, 9.17) is 23.2 Å². The minimum Gasteiger partial charge on any atom is -0.352 e. The molecule has 0 saturated carbocycles. The van der Waals surface area contributed by atoms with Gasteiger partial charge in [0.05, 0.1) is 11.9 Å². The Kier molecular flexibility index (Phi) is 11.0. The van der Waals surface area contributed by atoms with Gasteiger partial charge in [-0.25, -0.2) is 8.42 Å². The van der Waals surface area contributed by atoms with E-state index in [0.717, 1.165) is 21.7 Å². The second kappa shape index (κ2) is 14.0. The number of carbonyl (C=O) groups excluding carboxylic acids is 2. The van der Waals surface area contributed by atoms with Crippen LogP contribution >= 0.6 is 23.2 Å². The predicted octanol–water partition coefficient (Wildman–Crippen LogP) is 5.62. The van der Waals surface area contributed by atoms with Crippen LogP contribution in [0.25, 0.3) is 0 Å². The summed E-state index contributed by atoms with van der Waals surface area (Å²) >= 11 is 12.4. The SMILES string of the molecule is CC[C@H](C)NC(=O)[C@H](Cc1ccccc1)N(Cc1ccc(Cl)cc1)C(=O)CN(c1cccc(Cl)c1C)S(C)(=O)=O. The monoisotopic (exact) mass is 603 g/mol. The Bertz CT molecular complexity index is 1420. The highest BCUT2D eigenvalue weighted by molar-refractivity contribution is 7.92. The molecule has 214 valence electrons. The van der Waals surface area contributed by atoms with Gasteiger partial charge in [-0.1, -0.05) is 78.7 Å². The van der Waals surface area contributed by atoms with Crippen molar-refractivity contribution in [1.82, 2.24) is 10.2 Å². The third kappa shape index (κ3) is 8.46. The lowest BCUT2D eigenvalue weighted by Gasteiger charge is -2.34. The molecule has 3 aromatic rings. The highest BCUT2D eigenvalue weighted by Gasteiger charge is 2.33. The molecule has 10 heteroatoms. The zero-order valence-corrected chi connectivity index (χ0v) is 25.4. The summed E-state index contributed by atoms with van der Waals surface area (Å²) in [5.74, 6) is -0.842. The number of hydrogen-bond donors (Lipinski definition) is 1.